The average Bonchev–Trinajstić information content (AvgIpc) is 2.32. The molecule has 16 heavy (non-hydrogen) atoms. The molecule has 0 bridgehead atoms. The second-order valence-electron chi connectivity index (χ2n) is 5.36. The summed E-state index contributed by atoms with van der Waals surface area (Å²) >= 11 is 0. The second-order valence-corrected chi connectivity index (χ2v) is 5.36. The maximum atomic E-state index is 2.41. The number of hydrogen-bond acceptors (Lipinski definition) is 0. The van der Waals surface area contributed by atoms with Gasteiger partial charge in [-0.1, -0.05) is 79.6 Å². The fourth-order valence-electron chi connectivity index (χ4n) is 2.44. The zero-order chi connectivity index (χ0) is 12.4. The lowest BCUT2D eigenvalue weighted by molar-refractivity contribution is 0.401. The van der Waals surface area contributed by atoms with Crippen LogP contribution in [0.5, 0.6) is 0 Å². The van der Waals surface area contributed by atoms with Gasteiger partial charge in [-0.05, 0) is 24.2 Å². The van der Waals surface area contributed by atoms with Gasteiger partial charge in [0.05, 0.1) is 0 Å². The van der Waals surface area contributed by atoms with Crippen LogP contribution < -0.4 is 0 Å². The molecule has 0 aromatic carbocycles. The van der Waals surface area contributed by atoms with Crippen molar-refractivity contribution in [2.75, 3.05) is 0 Å². The zero-order valence-electron chi connectivity index (χ0n) is 12.3. The van der Waals surface area contributed by atoms with Gasteiger partial charge in [0.1, 0.15) is 0 Å². The third kappa shape index (κ3) is 6.55. The van der Waals surface area contributed by atoms with E-state index in [-0.39, 0.29) is 0 Å². The molecule has 0 spiro atoms. The molecule has 0 heteroatoms. The van der Waals surface area contributed by atoms with Crippen molar-refractivity contribution in [2.45, 2.75) is 86.0 Å². The minimum Gasteiger partial charge on any atom is -0.0654 e. The van der Waals surface area contributed by atoms with E-state index in [4.69, 9.17) is 0 Å². The van der Waals surface area contributed by atoms with Crippen molar-refractivity contribution in [3.8, 4) is 0 Å². The third-order valence-electron chi connectivity index (χ3n) is 4.06. The van der Waals surface area contributed by atoms with Crippen molar-refractivity contribution >= 4 is 0 Å². The zero-order valence-corrected chi connectivity index (χ0v) is 12.3. The Morgan fingerprint density at radius 1 is 0.750 bits per heavy atom. The van der Waals surface area contributed by atoms with E-state index >= 15 is 0 Å². The molecular formula is C16H33. The van der Waals surface area contributed by atoms with Crippen LogP contribution in [-0.2, 0) is 0 Å². The van der Waals surface area contributed by atoms with E-state index < -0.39 is 0 Å². The van der Waals surface area contributed by atoms with Crippen LogP contribution in [-0.4, -0.2) is 0 Å². The van der Waals surface area contributed by atoms with Crippen LogP contribution in [0, 0.1) is 17.8 Å². The Morgan fingerprint density at radius 2 is 1.25 bits per heavy atom. The first-order valence-corrected chi connectivity index (χ1v) is 7.52. The Kier molecular flexibility index (Phi) is 10.2. The Labute approximate surface area is 104 Å². The summed E-state index contributed by atoms with van der Waals surface area (Å²) < 4.78 is 0. The Morgan fingerprint density at radius 3 is 1.69 bits per heavy atom. The van der Waals surface area contributed by atoms with Crippen LogP contribution in [0.25, 0.3) is 0 Å². The van der Waals surface area contributed by atoms with Crippen LogP contribution in [0.1, 0.15) is 86.0 Å². The molecule has 0 rings (SSSR count). The summed E-state index contributed by atoms with van der Waals surface area (Å²) in [5, 5.41) is 0. The molecule has 0 heterocycles. The van der Waals surface area contributed by atoms with Gasteiger partial charge in [-0.3, -0.25) is 0 Å². The Balaban J connectivity index is 3.83. The SMILES string of the molecule is CCCCCCC[C](C(C)CC)C(C)CC. The fraction of sp³-hybridized carbons (Fsp3) is 0.938. The maximum Gasteiger partial charge on any atom is -0.0185 e. The molecule has 0 aromatic rings. The van der Waals surface area contributed by atoms with E-state index in [9.17, 15) is 0 Å². The van der Waals surface area contributed by atoms with E-state index in [1.807, 2.05) is 5.92 Å². The van der Waals surface area contributed by atoms with Gasteiger partial charge in [0.15, 0.2) is 0 Å². The standard InChI is InChI=1S/C16H33/c1-6-9-10-11-12-13-16(14(4)7-2)15(5)8-3/h14-15H,6-13H2,1-5H3. The monoisotopic (exact) mass is 225 g/mol. The first-order chi connectivity index (χ1) is 7.67. The lowest BCUT2D eigenvalue weighted by atomic mass is 9.77. The molecule has 2 unspecified atom stereocenters. The highest BCUT2D eigenvalue weighted by Crippen LogP contribution is 2.32. The molecule has 2 atom stereocenters. The molecule has 0 N–H and O–H groups in total. The molecule has 1 radical (unpaired) electrons. The van der Waals surface area contributed by atoms with Crippen molar-refractivity contribution in [3.05, 3.63) is 5.92 Å². The molecular weight excluding hydrogens is 192 g/mol. The minimum atomic E-state index is 0.834. The number of rotatable bonds is 10. The normalized spacial score (nSPS) is 15.4. The van der Waals surface area contributed by atoms with Gasteiger partial charge in [-0.25, -0.2) is 0 Å². The summed E-state index contributed by atoms with van der Waals surface area (Å²) in [7, 11) is 0. The predicted molar refractivity (Wildman–Crippen MR) is 75.5 cm³/mol. The number of unbranched alkanes of at least 4 members (excludes halogenated alkanes) is 4. The van der Waals surface area contributed by atoms with E-state index in [1.54, 1.807) is 0 Å². The molecule has 0 saturated carbocycles. The predicted octanol–water partition coefficient (Wildman–Crippen LogP) is 6.01. The van der Waals surface area contributed by atoms with E-state index in [2.05, 4.69) is 34.6 Å². The van der Waals surface area contributed by atoms with Gasteiger partial charge >= 0.3 is 0 Å². The highest BCUT2D eigenvalue weighted by molar-refractivity contribution is 4.98. The van der Waals surface area contributed by atoms with Crippen molar-refractivity contribution in [1.29, 1.82) is 0 Å². The van der Waals surface area contributed by atoms with Crippen LogP contribution >= 0.6 is 0 Å². The van der Waals surface area contributed by atoms with Gasteiger partial charge in [0.2, 0.25) is 0 Å². The molecule has 0 aliphatic rings. The van der Waals surface area contributed by atoms with Gasteiger partial charge in [0.25, 0.3) is 0 Å². The summed E-state index contributed by atoms with van der Waals surface area (Å²) in [6, 6.07) is 0. The lowest BCUT2D eigenvalue weighted by Crippen LogP contribution is -2.16. The Bertz CT molecular complexity index is 129. The quantitative estimate of drug-likeness (QED) is 0.399. The summed E-state index contributed by atoms with van der Waals surface area (Å²) in [6.45, 7) is 11.8. The first kappa shape index (κ1) is 16.0. The van der Waals surface area contributed by atoms with Crippen molar-refractivity contribution in [3.63, 3.8) is 0 Å². The maximum absolute atomic E-state index is 2.41. The molecule has 0 fully saturated rings. The van der Waals surface area contributed by atoms with Gasteiger partial charge in [-0.15, -0.1) is 0 Å². The molecule has 0 aliphatic heterocycles. The summed E-state index contributed by atoms with van der Waals surface area (Å²) in [5.74, 6) is 3.50. The van der Waals surface area contributed by atoms with Crippen molar-refractivity contribution in [1.82, 2.24) is 0 Å². The third-order valence-corrected chi connectivity index (χ3v) is 4.06. The first-order valence-electron chi connectivity index (χ1n) is 7.52. The van der Waals surface area contributed by atoms with Crippen LogP contribution in [0.15, 0.2) is 0 Å². The highest BCUT2D eigenvalue weighted by Gasteiger charge is 2.21. The highest BCUT2D eigenvalue weighted by atomic mass is 14.3. The largest absolute Gasteiger partial charge is 0.0654 e. The van der Waals surface area contributed by atoms with Gasteiger partial charge < -0.3 is 0 Å². The number of hydrogen-bond donors (Lipinski definition) is 0. The van der Waals surface area contributed by atoms with Crippen LogP contribution in [0.4, 0.5) is 0 Å². The molecule has 0 amide bonds. The van der Waals surface area contributed by atoms with Crippen molar-refractivity contribution in [2.24, 2.45) is 11.8 Å². The summed E-state index contributed by atoms with van der Waals surface area (Å²) in [4.78, 5) is 0. The van der Waals surface area contributed by atoms with E-state index in [0.29, 0.717) is 0 Å². The fourth-order valence-corrected chi connectivity index (χ4v) is 2.44. The lowest BCUT2D eigenvalue weighted by Gasteiger charge is -2.28. The molecule has 0 nitrogen and oxygen atoms in total. The Hall–Kier alpha value is 0. The van der Waals surface area contributed by atoms with Crippen molar-refractivity contribution < 1.29 is 0 Å². The summed E-state index contributed by atoms with van der Waals surface area (Å²) in [5.41, 5.74) is 0. The minimum absolute atomic E-state index is 0.834. The molecule has 0 aromatic heterocycles. The topological polar surface area (TPSA) is 0 Å². The smallest absolute Gasteiger partial charge is 0.0185 e. The second kappa shape index (κ2) is 10.2. The average molecular weight is 225 g/mol. The molecule has 0 saturated heterocycles. The molecule has 0 aliphatic carbocycles. The van der Waals surface area contributed by atoms with Crippen LogP contribution in [0.2, 0.25) is 0 Å². The van der Waals surface area contributed by atoms with Gasteiger partial charge in [-0.2, -0.15) is 0 Å². The van der Waals surface area contributed by atoms with Crippen LogP contribution in [0.3, 0.4) is 0 Å². The van der Waals surface area contributed by atoms with E-state index in [1.165, 1.54) is 51.4 Å². The summed E-state index contributed by atoms with van der Waals surface area (Å²) in [6.07, 6.45) is 11.1. The molecule has 97 valence electrons. The van der Waals surface area contributed by atoms with E-state index in [0.717, 1.165) is 11.8 Å². The van der Waals surface area contributed by atoms with Gasteiger partial charge in [0, 0.05) is 0 Å².